The van der Waals surface area contributed by atoms with Crippen LogP contribution in [0, 0.1) is 0 Å². The predicted molar refractivity (Wildman–Crippen MR) is 106 cm³/mol. The first kappa shape index (κ1) is 22.1. The molecule has 0 aliphatic carbocycles. The summed E-state index contributed by atoms with van der Waals surface area (Å²) in [6, 6.07) is 8.24. The standard InChI is InChI=1S/C20H20F3NO5S/c1-26-6-7-27-16-4-2-13(20(21,22)23)10-15(16)24-19(25)12-30-14-3-5-17-18(11-14)29-9-8-28-17/h2-5,10-11H,6-9,12H2,1H3,(H,24,25). The van der Waals surface area contributed by atoms with Crippen LogP contribution >= 0.6 is 11.8 Å². The van der Waals surface area contributed by atoms with Crippen molar-refractivity contribution in [1.82, 2.24) is 0 Å². The van der Waals surface area contributed by atoms with E-state index in [1.807, 2.05) is 0 Å². The Hall–Kier alpha value is -2.59. The molecule has 1 aliphatic rings. The smallest absolute Gasteiger partial charge is 0.416 e. The first-order chi connectivity index (χ1) is 14.4. The molecule has 0 saturated heterocycles. The van der Waals surface area contributed by atoms with E-state index in [0.29, 0.717) is 24.7 Å². The molecule has 1 aliphatic heterocycles. The van der Waals surface area contributed by atoms with Gasteiger partial charge in [-0.3, -0.25) is 4.79 Å². The number of nitrogens with one attached hydrogen (secondary N) is 1. The Balaban J connectivity index is 1.66. The molecule has 0 fully saturated rings. The van der Waals surface area contributed by atoms with Gasteiger partial charge in [0.1, 0.15) is 25.6 Å². The number of halogens is 3. The average molecular weight is 443 g/mol. The molecule has 0 unspecified atom stereocenters. The van der Waals surface area contributed by atoms with Crippen molar-refractivity contribution in [2.24, 2.45) is 0 Å². The van der Waals surface area contributed by atoms with Crippen LogP contribution in [-0.4, -0.2) is 45.2 Å². The Morgan fingerprint density at radius 3 is 2.60 bits per heavy atom. The SMILES string of the molecule is COCCOc1ccc(C(F)(F)F)cc1NC(=O)CSc1ccc2c(c1)OCCO2. The molecule has 0 atom stereocenters. The summed E-state index contributed by atoms with van der Waals surface area (Å²) in [5.74, 6) is 0.895. The van der Waals surface area contributed by atoms with Crippen LogP contribution in [0.15, 0.2) is 41.3 Å². The number of alkyl halides is 3. The molecule has 162 valence electrons. The number of ether oxygens (including phenoxy) is 4. The van der Waals surface area contributed by atoms with Crippen molar-refractivity contribution in [3.63, 3.8) is 0 Å². The maximum Gasteiger partial charge on any atom is 0.416 e. The lowest BCUT2D eigenvalue weighted by molar-refractivity contribution is -0.137. The third-order valence-corrected chi connectivity index (χ3v) is 5.00. The summed E-state index contributed by atoms with van der Waals surface area (Å²) < 4.78 is 60.4. The van der Waals surface area contributed by atoms with Crippen LogP contribution in [0.5, 0.6) is 17.2 Å². The zero-order chi connectivity index (χ0) is 21.6. The molecule has 0 saturated carbocycles. The second-order valence-electron chi connectivity index (χ2n) is 6.19. The largest absolute Gasteiger partial charge is 0.489 e. The zero-order valence-electron chi connectivity index (χ0n) is 16.1. The molecule has 10 heteroatoms. The molecule has 0 radical (unpaired) electrons. The van der Waals surface area contributed by atoms with Crippen LogP contribution in [0.2, 0.25) is 0 Å². The topological polar surface area (TPSA) is 66.0 Å². The third-order valence-electron chi connectivity index (χ3n) is 4.01. The average Bonchev–Trinajstić information content (AvgIpc) is 2.72. The molecule has 3 rings (SSSR count). The minimum atomic E-state index is -4.54. The van der Waals surface area contributed by atoms with Crippen molar-refractivity contribution in [2.45, 2.75) is 11.1 Å². The monoisotopic (exact) mass is 443 g/mol. The lowest BCUT2D eigenvalue weighted by atomic mass is 10.1. The first-order valence-electron chi connectivity index (χ1n) is 9.02. The molecule has 1 amide bonds. The maximum absolute atomic E-state index is 13.1. The van der Waals surface area contributed by atoms with Crippen molar-refractivity contribution in [3.05, 3.63) is 42.0 Å². The third kappa shape index (κ3) is 5.96. The number of methoxy groups -OCH3 is 1. The second-order valence-corrected chi connectivity index (χ2v) is 7.24. The summed E-state index contributed by atoms with van der Waals surface area (Å²) in [6.07, 6.45) is -4.54. The van der Waals surface area contributed by atoms with Gasteiger partial charge in [0.15, 0.2) is 11.5 Å². The van der Waals surface area contributed by atoms with E-state index < -0.39 is 17.6 Å². The summed E-state index contributed by atoms with van der Waals surface area (Å²) >= 11 is 1.23. The van der Waals surface area contributed by atoms with E-state index in [1.54, 1.807) is 18.2 Å². The van der Waals surface area contributed by atoms with Gasteiger partial charge in [0.2, 0.25) is 5.91 Å². The fourth-order valence-corrected chi connectivity index (χ4v) is 3.34. The fraction of sp³-hybridized carbons (Fsp3) is 0.350. The number of hydrogen-bond donors (Lipinski definition) is 1. The quantitative estimate of drug-likeness (QED) is 0.487. The van der Waals surface area contributed by atoms with Gasteiger partial charge in [0, 0.05) is 12.0 Å². The number of amides is 1. The molecule has 0 aromatic heterocycles. The number of fused-ring (bicyclic) bond motifs is 1. The van der Waals surface area contributed by atoms with Crippen LogP contribution in [0.25, 0.3) is 0 Å². The highest BCUT2D eigenvalue weighted by atomic mass is 32.2. The van der Waals surface area contributed by atoms with Crippen LogP contribution in [0.3, 0.4) is 0 Å². The number of thioether (sulfide) groups is 1. The highest BCUT2D eigenvalue weighted by molar-refractivity contribution is 8.00. The Bertz CT molecular complexity index is 891. The summed E-state index contributed by atoms with van der Waals surface area (Å²) in [7, 11) is 1.48. The molecule has 30 heavy (non-hydrogen) atoms. The number of benzene rings is 2. The van der Waals surface area contributed by atoms with Gasteiger partial charge in [-0.15, -0.1) is 11.8 Å². The predicted octanol–water partition coefficient (Wildman–Crippen LogP) is 4.23. The summed E-state index contributed by atoms with van der Waals surface area (Å²) in [5, 5.41) is 2.50. The number of rotatable bonds is 8. The number of carbonyl (C=O) groups is 1. The van der Waals surface area contributed by atoms with Crippen LogP contribution < -0.4 is 19.5 Å². The van der Waals surface area contributed by atoms with Gasteiger partial charge in [0.05, 0.1) is 23.6 Å². The fourth-order valence-electron chi connectivity index (χ4n) is 2.61. The molecule has 2 aromatic rings. The molecule has 1 N–H and O–H groups in total. The van der Waals surface area contributed by atoms with E-state index in [2.05, 4.69) is 5.32 Å². The highest BCUT2D eigenvalue weighted by Crippen LogP contribution is 2.36. The minimum absolute atomic E-state index is 0.00655. The highest BCUT2D eigenvalue weighted by Gasteiger charge is 2.31. The Labute approximate surface area is 175 Å². The summed E-state index contributed by atoms with van der Waals surface area (Å²) in [4.78, 5) is 13.1. The Morgan fingerprint density at radius 1 is 1.10 bits per heavy atom. The van der Waals surface area contributed by atoms with Gasteiger partial charge in [-0.2, -0.15) is 13.2 Å². The first-order valence-corrected chi connectivity index (χ1v) is 10.0. The van der Waals surface area contributed by atoms with Crippen LogP contribution in [0.1, 0.15) is 5.56 Å². The Morgan fingerprint density at radius 2 is 1.87 bits per heavy atom. The lowest BCUT2D eigenvalue weighted by Gasteiger charge is -2.18. The van der Waals surface area contributed by atoms with Crippen molar-refractivity contribution >= 4 is 23.4 Å². The minimum Gasteiger partial charge on any atom is -0.489 e. The van der Waals surface area contributed by atoms with Gasteiger partial charge in [-0.05, 0) is 36.4 Å². The molecular weight excluding hydrogens is 423 g/mol. The second kappa shape index (κ2) is 9.94. The maximum atomic E-state index is 13.1. The normalized spacial score (nSPS) is 13.1. The van der Waals surface area contributed by atoms with E-state index in [0.717, 1.165) is 17.0 Å². The van der Waals surface area contributed by atoms with E-state index >= 15 is 0 Å². The summed E-state index contributed by atoms with van der Waals surface area (Å²) in [6.45, 7) is 1.32. The number of anilines is 1. The van der Waals surface area contributed by atoms with E-state index in [1.165, 1.54) is 24.9 Å². The zero-order valence-corrected chi connectivity index (χ0v) is 16.9. The van der Waals surface area contributed by atoms with E-state index in [9.17, 15) is 18.0 Å². The van der Waals surface area contributed by atoms with Crippen molar-refractivity contribution in [3.8, 4) is 17.2 Å². The molecule has 6 nitrogen and oxygen atoms in total. The number of carbonyl (C=O) groups excluding carboxylic acids is 1. The lowest BCUT2D eigenvalue weighted by Crippen LogP contribution is -2.17. The van der Waals surface area contributed by atoms with E-state index in [-0.39, 0.29) is 30.4 Å². The number of hydrogen-bond acceptors (Lipinski definition) is 6. The van der Waals surface area contributed by atoms with E-state index in [4.69, 9.17) is 18.9 Å². The van der Waals surface area contributed by atoms with Crippen molar-refractivity contribution < 1.29 is 36.9 Å². The summed E-state index contributed by atoms with van der Waals surface area (Å²) in [5.41, 5.74) is -0.926. The Kier molecular flexibility index (Phi) is 7.33. The molecule has 2 aromatic carbocycles. The molecule has 1 heterocycles. The van der Waals surface area contributed by atoms with Crippen molar-refractivity contribution in [2.75, 3.05) is 44.6 Å². The molecule has 0 bridgehead atoms. The van der Waals surface area contributed by atoms with Gasteiger partial charge in [-0.1, -0.05) is 0 Å². The van der Waals surface area contributed by atoms with Crippen molar-refractivity contribution in [1.29, 1.82) is 0 Å². The van der Waals surface area contributed by atoms with Gasteiger partial charge >= 0.3 is 6.18 Å². The van der Waals surface area contributed by atoms with Crippen LogP contribution in [0.4, 0.5) is 18.9 Å². The van der Waals surface area contributed by atoms with Gasteiger partial charge in [0.25, 0.3) is 0 Å². The molecule has 0 spiro atoms. The van der Waals surface area contributed by atoms with Crippen LogP contribution in [-0.2, 0) is 15.7 Å². The van der Waals surface area contributed by atoms with Gasteiger partial charge < -0.3 is 24.3 Å². The molecular formula is C20H20F3NO5S. The van der Waals surface area contributed by atoms with Gasteiger partial charge in [-0.25, -0.2) is 0 Å².